The molecule has 0 amide bonds. The zero-order valence-electron chi connectivity index (χ0n) is 13.6. The summed E-state index contributed by atoms with van der Waals surface area (Å²) in [6.07, 6.45) is 2.38. The number of aromatic amines is 1. The molecular weight excluding hydrogens is 304 g/mol. The third kappa shape index (κ3) is 2.93. The Kier molecular flexibility index (Phi) is 4.42. The fraction of sp³-hybridized carbons (Fsp3) is 0.211. The molecule has 1 aromatic carbocycles. The molecule has 0 unspecified atom stereocenters. The Hall–Kier alpha value is -2.95. The van der Waals surface area contributed by atoms with Crippen LogP contribution >= 0.6 is 0 Å². The topological polar surface area (TPSA) is 72.0 Å². The number of nitrogens with zero attached hydrogens (tertiary/aromatic N) is 1. The maximum Gasteiger partial charge on any atom is 0.339 e. The van der Waals surface area contributed by atoms with E-state index in [0.717, 1.165) is 28.6 Å². The summed E-state index contributed by atoms with van der Waals surface area (Å²) in [5.74, 6) is -0.763. The molecule has 0 aliphatic rings. The molecule has 0 aliphatic carbocycles. The molecule has 0 saturated heterocycles. The first-order valence-electron chi connectivity index (χ1n) is 7.83. The van der Waals surface area contributed by atoms with E-state index < -0.39 is 5.97 Å². The van der Waals surface area contributed by atoms with E-state index in [4.69, 9.17) is 4.74 Å². The van der Waals surface area contributed by atoms with Crippen LogP contribution in [0.2, 0.25) is 0 Å². The third-order valence-corrected chi connectivity index (χ3v) is 4.01. The quantitative estimate of drug-likeness (QED) is 0.576. The Labute approximate surface area is 139 Å². The SMILES string of the molecule is CCc1nc2ccccc2c(C(=O)OCC(=O)c2ccc[nH]2)c1C. The number of ketones is 1. The molecule has 122 valence electrons. The number of para-hydroxylation sites is 1. The molecule has 1 N–H and O–H groups in total. The highest BCUT2D eigenvalue weighted by Crippen LogP contribution is 2.24. The van der Waals surface area contributed by atoms with Gasteiger partial charge in [-0.05, 0) is 37.1 Å². The van der Waals surface area contributed by atoms with E-state index in [0.29, 0.717) is 11.3 Å². The Morgan fingerprint density at radius 2 is 1.96 bits per heavy atom. The minimum Gasteiger partial charge on any atom is -0.454 e. The summed E-state index contributed by atoms with van der Waals surface area (Å²) < 4.78 is 5.27. The van der Waals surface area contributed by atoms with Crippen molar-refractivity contribution in [3.8, 4) is 0 Å². The van der Waals surface area contributed by atoms with Gasteiger partial charge in [-0.2, -0.15) is 0 Å². The van der Waals surface area contributed by atoms with Gasteiger partial charge in [0, 0.05) is 17.3 Å². The fourth-order valence-electron chi connectivity index (χ4n) is 2.75. The van der Waals surface area contributed by atoms with Gasteiger partial charge in [-0.15, -0.1) is 0 Å². The molecule has 2 aromatic heterocycles. The molecule has 0 aliphatic heterocycles. The maximum atomic E-state index is 12.6. The number of fused-ring (bicyclic) bond motifs is 1. The number of carbonyl (C=O) groups excluding carboxylic acids is 2. The van der Waals surface area contributed by atoms with Crippen LogP contribution in [0.5, 0.6) is 0 Å². The van der Waals surface area contributed by atoms with Crippen molar-refractivity contribution in [3.05, 3.63) is 65.1 Å². The monoisotopic (exact) mass is 322 g/mol. The van der Waals surface area contributed by atoms with Gasteiger partial charge in [0.2, 0.25) is 5.78 Å². The number of hydrogen-bond donors (Lipinski definition) is 1. The van der Waals surface area contributed by atoms with E-state index in [1.165, 1.54) is 0 Å². The number of H-pyrrole nitrogens is 1. The first-order valence-corrected chi connectivity index (χ1v) is 7.83. The van der Waals surface area contributed by atoms with Crippen LogP contribution < -0.4 is 0 Å². The number of benzene rings is 1. The molecule has 0 spiro atoms. The van der Waals surface area contributed by atoms with Crippen molar-refractivity contribution in [2.45, 2.75) is 20.3 Å². The number of nitrogens with one attached hydrogen (secondary N) is 1. The number of hydrogen-bond acceptors (Lipinski definition) is 4. The van der Waals surface area contributed by atoms with Gasteiger partial charge in [0.15, 0.2) is 6.61 Å². The number of aryl methyl sites for hydroxylation is 1. The van der Waals surface area contributed by atoms with Gasteiger partial charge in [-0.25, -0.2) is 4.79 Å². The van der Waals surface area contributed by atoms with Gasteiger partial charge in [0.1, 0.15) is 0 Å². The highest BCUT2D eigenvalue weighted by molar-refractivity contribution is 6.06. The molecular formula is C19H18N2O3. The van der Waals surface area contributed by atoms with Gasteiger partial charge < -0.3 is 9.72 Å². The lowest BCUT2D eigenvalue weighted by atomic mass is 10.0. The summed E-state index contributed by atoms with van der Waals surface area (Å²) in [4.78, 5) is 32.0. The third-order valence-electron chi connectivity index (χ3n) is 4.01. The van der Waals surface area contributed by atoms with Crippen molar-refractivity contribution in [1.29, 1.82) is 0 Å². The van der Waals surface area contributed by atoms with Gasteiger partial charge >= 0.3 is 5.97 Å². The second-order valence-corrected chi connectivity index (χ2v) is 5.51. The highest BCUT2D eigenvalue weighted by atomic mass is 16.5. The molecule has 5 nitrogen and oxygen atoms in total. The van der Waals surface area contributed by atoms with Crippen LogP contribution in [0.25, 0.3) is 10.9 Å². The van der Waals surface area contributed by atoms with Crippen LogP contribution in [0.15, 0.2) is 42.6 Å². The molecule has 3 rings (SSSR count). The molecule has 0 fully saturated rings. The van der Waals surface area contributed by atoms with Crippen molar-refractivity contribution >= 4 is 22.7 Å². The zero-order valence-corrected chi connectivity index (χ0v) is 13.6. The van der Waals surface area contributed by atoms with Crippen LogP contribution in [0.3, 0.4) is 0 Å². The van der Waals surface area contributed by atoms with E-state index in [1.807, 2.05) is 38.1 Å². The number of carbonyl (C=O) groups is 2. The number of esters is 1. The molecule has 2 heterocycles. The first kappa shape index (κ1) is 15.9. The van der Waals surface area contributed by atoms with Gasteiger partial charge in [0.25, 0.3) is 0 Å². The number of aromatic nitrogens is 2. The largest absolute Gasteiger partial charge is 0.454 e. The molecule has 0 saturated carbocycles. The van der Waals surface area contributed by atoms with Crippen molar-refractivity contribution in [3.63, 3.8) is 0 Å². The minimum absolute atomic E-state index is 0.264. The molecule has 24 heavy (non-hydrogen) atoms. The summed E-state index contributed by atoms with van der Waals surface area (Å²) in [5, 5.41) is 0.740. The van der Waals surface area contributed by atoms with Gasteiger partial charge in [-0.1, -0.05) is 25.1 Å². The number of Topliss-reactive ketones (excluding diaryl/α,β-unsaturated/α-hetero) is 1. The van der Waals surface area contributed by atoms with Gasteiger partial charge in [0.05, 0.1) is 16.8 Å². The molecule has 0 atom stereocenters. The normalized spacial score (nSPS) is 10.8. The summed E-state index contributed by atoms with van der Waals surface area (Å²) in [5.41, 5.74) is 3.32. The predicted molar refractivity (Wildman–Crippen MR) is 91.3 cm³/mol. The Balaban J connectivity index is 1.91. The second kappa shape index (κ2) is 6.66. The van der Waals surface area contributed by atoms with Crippen LogP contribution in [0.1, 0.15) is 39.0 Å². The number of pyridine rings is 1. The summed E-state index contributed by atoms with van der Waals surface area (Å²) in [7, 11) is 0. The molecule has 5 heteroatoms. The summed E-state index contributed by atoms with van der Waals surface area (Å²) >= 11 is 0. The van der Waals surface area contributed by atoms with Crippen molar-refractivity contribution in [2.75, 3.05) is 6.61 Å². The second-order valence-electron chi connectivity index (χ2n) is 5.51. The Morgan fingerprint density at radius 3 is 2.67 bits per heavy atom. The van der Waals surface area contributed by atoms with Crippen molar-refractivity contribution in [2.24, 2.45) is 0 Å². The lowest BCUT2D eigenvalue weighted by Gasteiger charge is -2.13. The molecule has 3 aromatic rings. The Bertz CT molecular complexity index is 898. The summed E-state index contributed by atoms with van der Waals surface area (Å²) in [6.45, 7) is 3.56. The van der Waals surface area contributed by atoms with Crippen LogP contribution in [-0.4, -0.2) is 28.3 Å². The molecule has 0 radical (unpaired) electrons. The van der Waals surface area contributed by atoms with Crippen LogP contribution in [-0.2, 0) is 11.2 Å². The van der Waals surface area contributed by atoms with E-state index >= 15 is 0 Å². The van der Waals surface area contributed by atoms with Gasteiger partial charge in [-0.3, -0.25) is 9.78 Å². The van der Waals surface area contributed by atoms with E-state index in [9.17, 15) is 9.59 Å². The predicted octanol–water partition coefficient (Wildman–Crippen LogP) is 3.47. The van der Waals surface area contributed by atoms with E-state index in [2.05, 4.69) is 9.97 Å². The van der Waals surface area contributed by atoms with Crippen LogP contribution in [0.4, 0.5) is 0 Å². The zero-order chi connectivity index (χ0) is 17.1. The van der Waals surface area contributed by atoms with Crippen LogP contribution in [0, 0.1) is 6.92 Å². The van der Waals surface area contributed by atoms with Crippen molar-refractivity contribution < 1.29 is 14.3 Å². The summed E-state index contributed by atoms with van der Waals surface area (Å²) in [6, 6.07) is 10.8. The maximum absolute atomic E-state index is 12.6. The number of ether oxygens (including phenoxy) is 1. The first-order chi connectivity index (χ1) is 11.6. The number of rotatable bonds is 5. The average Bonchev–Trinajstić information content (AvgIpc) is 3.13. The van der Waals surface area contributed by atoms with E-state index in [-0.39, 0.29) is 12.4 Å². The standard InChI is InChI=1S/C19H18N2O3/c1-3-14-12(2)18(13-7-4-5-8-15(13)21-14)19(23)24-11-17(22)16-9-6-10-20-16/h4-10,20H,3,11H2,1-2H3. The minimum atomic E-state index is -0.499. The molecule has 0 bridgehead atoms. The smallest absolute Gasteiger partial charge is 0.339 e. The van der Waals surface area contributed by atoms with E-state index in [1.54, 1.807) is 18.3 Å². The van der Waals surface area contributed by atoms with Crippen molar-refractivity contribution in [1.82, 2.24) is 9.97 Å². The highest BCUT2D eigenvalue weighted by Gasteiger charge is 2.19. The lowest BCUT2D eigenvalue weighted by Crippen LogP contribution is -2.16. The average molecular weight is 322 g/mol. The Morgan fingerprint density at radius 1 is 1.17 bits per heavy atom. The fourth-order valence-corrected chi connectivity index (χ4v) is 2.75. The lowest BCUT2D eigenvalue weighted by molar-refractivity contribution is 0.0474.